The Kier molecular flexibility index (Phi) is 4.52. The summed E-state index contributed by atoms with van der Waals surface area (Å²) in [6, 6.07) is 8.74. The van der Waals surface area contributed by atoms with Crippen LogP contribution in [-0.2, 0) is 6.54 Å². The monoisotopic (exact) mass is 249 g/mol. The first-order valence-corrected chi connectivity index (χ1v) is 7.51. The van der Waals surface area contributed by atoms with Crippen LogP contribution in [0.5, 0.6) is 0 Å². The van der Waals surface area contributed by atoms with E-state index in [2.05, 4.69) is 49.9 Å². The van der Waals surface area contributed by atoms with Gasteiger partial charge in [-0.15, -0.1) is 11.8 Å². The van der Waals surface area contributed by atoms with Gasteiger partial charge in [0.15, 0.2) is 0 Å². The molecule has 1 fully saturated rings. The Bertz CT molecular complexity index is 336. The lowest BCUT2D eigenvalue weighted by Crippen LogP contribution is -2.21. The van der Waals surface area contributed by atoms with E-state index in [1.54, 1.807) is 0 Å². The molecule has 2 N–H and O–H groups in total. The van der Waals surface area contributed by atoms with Gasteiger partial charge in [-0.05, 0) is 48.8 Å². The van der Waals surface area contributed by atoms with Crippen LogP contribution in [0.4, 0.5) is 0 Å². The van der Waals surface area contributed by atoms with Crippen molar-refractivity contribution in [1.82, 2.24) is 0 Å². The van der Waals surface area contributed by atoms with Crippen molar-refractivity contribution < 1.29 is 0 Å². The quantitative estimate of drug-likeness (QED) is 0.874. The highest BCUT2D eigenvalue weighted by molar-refractivity contribution is 8.00. The van der Waals surface area contributed by atoms with Gasteiger partial charge in [0.2, 0.25) is 0 Å². The maximum Gasteiger partial charge on any atom is 0.0178 e. The first-order valence-electron chi connectivity index (χ1n) is 6.63. The number of benzene rings is 1. The van der Waals surface area contributed by atoms with Gasteiger partial charge >= 0.3 is 0 Å². The van der Waals surface area contributed by atoms with Crippen LogP contribution < -0.4 is 5.73 Å². The number of rotatable bonds is 3. The smallest absolute Gasteiger partial charge is 0.0178 e. The minimum Gasteiger partial charge on any atom is -0.326 e. The van der Waals surface area contributed by atoms with Crippen LogP contribution in [-0.4, -0.2) is 5.25 Å². The van der Waals surface area contributed by atoms with E-state index in [-0.39, 0.29) is 0 Å². The number of hydrogen-bond acceptors (Lipinski definition) is 2. The Morgan fingerprint density at radius 3 is 2.18 bits per heavy atom. The maximum atomic E-state index is 5.61. The molecule has 2 atom stereocenters. The maximum absolute atomic E-state index is 5.61. The largest absolute Gasteiger partial charge is 0.326 e. The third-order valence-electron chi connectivity index (χ3n) is 3.60. The number of thioether (sulfide) groups is 1. The molecule has 94 valence electrons. The van der Waals surface area contributed by atoms with Crippen molar-refractivity contribution in [2.24, 2.45) is 17.6 Å². The fourth-order valence-electron chi connectivity index (χ4n) is 2.87. The summed E-state index contributed by atoms with van der Waals surface area (Å²) in [5.41, 5.74) is 6.84. The summed E-state index contributed by atoms with van der Waals surface area (Å²) >= 11 is 2.05. The van der Waals surface area contributed by atoms with E-state index in [0.717, 1.165) is 17.1 Å². The number of hydrogen-bond donors (Lipinski definition) is 1. The molecule has 2 unspecified atom stereocenters. The highest BCUT2D eigenvalue weighted by Gasteiger charge is 2.24. The molecule has 1 aliphatic rings. The molecule has 0 heterocycles. The predicted molar refractivity (Wildman–Crippen MR) is 76.2 cm³/mol. The standard InChI is InChI=1S/C15H23NS/c1-11-7-12(2)9-15(8-11)17-14-5-3-13(10-16)4-6-14/h3-6,11-12,15H,7-10,16H2,1-2H3. The van der Waals surface area contributed by atoms with Gasteiger partial charge in [-0.3, -0.25) is 0 Å². The van der Waals surface area contributed by atoms with Crippen LogP contribution in [0.1, 0.15) is 38.7 Å². The summed E-state index contributed by atoms with van der Waals surface area (Å²) < 4.78 is 0. The highest BCUT2D eigenvalue weighted by atomic mass is 32.2. The molecule has 0 aliphatic heterocycles. The van der Waals surface area contributed by atoms with Crippen LogP contribution >= 0.6 is 11.8 Å². The van der Waals surface area contributed by atoms with Crippen molar-refractivity contribution in [2.75, 3.05) is 0 Å². The zero-order valence-electron chi connectivity index (χ0n) is 10.9. The van der Waals surface area contributed by atoms with Gasteiger partial charge in [0.05, 0.1) is 0 Å². The van der Waals surface area contributed by atoms with E-state index in [1.807, 2.05) is 0 Å². The average molecular weight is 249 g/mol. The van der Waals surface area contributed by atoms with E-state index < -0.39 is 0 Å². The summed E-state index contributed by atoms with van der Waals surface area (Å²) in [6.45, 7) is 5.42. The summed E-state index contributed by atoms with van der Waals surface area (Å²) in [7, 11) is 0. The summed E-state index contributed by atoms with van der Waals surface area (Å²) in [6.07, 6.45) is 4.14. The molecule has 17 heavy (non-hydrogen) atoms. The van der Waals surface area contributed by atoms with E-state index in [1.165, 1.54) is 29.7 Å². The second kappa shape index (κ2) is 5.92. The van der Waals surface area contributed by atoms with Crippen molar-refractivity contribution in [3.05, 3.63) is 29.8 Å². The summed E-state index contributed by atoms with van der Waals surface area (Å²) in [5, 5.41) is 0.803. The average Bonchev–Trinajstić information content (AvgIpc) is 2.28. The molecule has 1 saturated carbocycles. The van der Waals surface area contributed by atoms with Gasteiger partial charge in [-0.2, -0.15) is 0 Å². The lowest BCUT2D eigenvalue weighted by molar-refractivity contribution is 0.309. The minimum absolute atomic E-state index is 0.641. The first kappa shape index (κ1) is 13.0. The molecular weight excluding hydrogens is 226 g/mol. The Balaban J connectivity index is 1.95. The van der Waals surface area contributed by atoms with Crippen molar-refractivity contribution in [3.63, 3.8) is 0 Å². The molecule has 1 aromatic rings. The van der Waals surface area contributed by atoms with Gasteiger partial charge in [0.1, 0.15) is 0 Å². The van der Waals surface area contributed by atoms with Crippen LogP contribution in [0.3, 0.4) is 0 Å². The van der Waals surface area contributed by atoms with E-state index in [0.29, 0.717) is 6.54 Å². The van der Waals surface area contributed by atoms with Crippen molar-refractivity contribution in [3.8, 4) is 0 Å². The molecule has 0 amide bonds. The lowest BCUT2D eigenvalue weighted by atomic mass is 9.83. The fraction of sp³-hybridized carbons (Fsp3) is 0.600. The summed E-state index contributed by atoms with van der Waals surface area (Å²) in [5.74, 6) is 1.78. The first-order chi connectivity index (χ1) is 8.17. The molecule has 0 radical (unpaired) electrons. The SMILES string of the molecule is CC1CC(C)CC(Sc2ccc(CN)cc2)C1. The zero-order valence-corrected chi connectivity index (χ0v) is 11.7. The summed E-state index contributed by atoms with van der Waals surface area (Å²) in [4.78, 5) is 1.40. The Labute approximate surface area is 109 Å². The topological polar surface area (TPSA) is 26.0 Å². The third-order valence-corrected chi connectivity index (χ3v) is 4.86. The van der Waals surface area contributed by atoms with Crippen LogP contribution in [0, 0.1) is 11.8 Å². The van der Waals surface area contributed by atoms with Crippen molar-refractivity contribution in [2.45, 2.75) is 49.8 Å². The second-order valence-electron chi connectivity index (χ2n) is 5.51. The second-order valence-corrected chi connectivity index (χ2v) is 6.88. The fourth-order valence-corrected chi connectivity index (χ4v) is 4.39. The number of nitrogens with two attached hydrogens (primary N) is 1. The van der Waals surface area contributed by atoms with Gasteiger partial charge < -0.3 is 5.73 Å². The van der Waals surface area contributed by atoms with Gasteiger partial charge in [0, 0.05) is 16.7 Å². The third kappa shape index (κ3) is 3.75. The van der Waals surface area contributed by atoms with E-state index in [4.69, 9.17) is 5.73 Å². The van der Waals surface area contributed by atoms with Crippen LogP contribution in [0.25, 0.3) is 0 Å². The molecule has 0 saturated heterocycles. The Hall–Kier alpha value is -0.470. The zero-order chi connectivity index (χ0) is 12.3. The van der Waals surface area contributed by atoms with Crippen molar-refractivity contribution >= 4 is 11.8 Å². The molecule has 0 bridgehead atoms. The molecule has 1 nitrogen and oxygen atoms in total. The minimum atomic E-state index is 0.641. The van der Waals surface area contributed by atoms with Crippen LogP contribution in [0.15, 0.2) is 29.2 Å². The molecule has 0 aromatic heterocycles. The highest BCUT2D eigenvalue weighted by Crippen LogP contribution is 2.38. The van der Waals surface area contributed by atoms with Gasteiger partial charge in [-0.1, -0.05) is 26.0 Å². The molecule has 0 spiro atoms. The molecular formula is C15H23NS. The molecule has 1 aromatic carbocycles. The van der Waals surface area contributed by atoms with Gasteiger partial charge in [-0.25, -0.2) is 0 Å². The predicted octanol–water partition coefficient (Wildman–Crippen LogP) is 4.06. The molecule has 2 heteroatoms. The van der Waals surface area contributed by atoms with E-state index in [9.17, 15) is 0 Å². The molecule has 1 aliphatic carbocycles. The van der Waals surface area contributed by atoms with Crippen LogP contribution in [0.2, 0.25) is 0 Å². The van der Waals surface area contributed by atoms with E-state index >= 15 is 0 Å². The lowest BCUT2D eigenvalue weighted by Gasteiger charge is -2.31. The van der Waals surface area contributed by atoms with Gasteiger partial charge in [0.25, 0.3) is 0 Å². The Morgan fingerprint density at radius 1 is 1.06 bits per heavy atom. The Morgan fingerprint density at radius 2 is 1.65 bits per heavy atom. The normalized spacial score (nSPS) is 29.2. The van der Waals surface area contributed by atoms with Crippen molar-refractivity contribution in [1.29, 1.82) is 0 Å². The molecule has 2 rings (SSSR count).